The Morgan fingerprint density at radius 2 is 1.81 bits per heavy atom. The predicted molar refractivity (Wildman–Crippen MR) is 120 cm³/mol. The van der Waals surface area contributed by atoms with Gasteiger partial charge in [-0.15, -0.1) is 0 Å². The highest BCUT2D eigenvalue weighted by Gasteiger charge is 2.23. The lowest BCUT2D eigenvalue weighted by Gasteiger charge is -2.26. The molecule has 0 amide bonds. The highest BCUT2D eigenvalue weighted by Crippen LogP contribution is 2.38. The first kappa shape index (κ1) is 21.5. The van der Waals surface area contributed by atoms with Gasteiger partial charge < -0.3 is 14.7 Å². The molecular formula is C25H25N3O4. The number of aromatic nitrogens is 2. The Bertz CT molecular complexity index is 1030. The van der Waals surface area contributed by atoms with Crippen LogP contribution in [0.3, 0.4) is 0 Å². The number of carboxylic acid groups (broad SMARTS) is 1. The molecule has 1 aliphatic rings. The number of hydrogen-bond acceptors (Lipinski definition) is 6. The third-order valence-electron chi connectivity index (χ3n) is 5.52. The van der Waals surface area contributed by atoms with Gasteiger partial charge in [0.05, 0.1) is 0 Å². The lowest BCUT2D eigenvalue weighted by Crippen LogP contribution is -2.15. The van der Waals surface area contributed by atoms with Crippen LogP contribution in [0.2, 0.25) is 0 Å². The fraction of sp³-hybridized carbons (Fsp3) is 0.280. The van der Waals surface area contributed by atoms with E-state index in [1.54, 1.807) is 24.8 Å². The summed E-state index contributed by atoms with van der Waals surface area (Å²) in [7, 11) is 0. The summed E-state index contributed by atoms with van der Waals surface area (Å²) < 4.78 is 5.50. The minimum absolute atomic E-state index is 0.322. The van der Waals surface area contributed by atoms with E-state index in [2.05, 4.69) is 21.2 Å². The van der Waals surface area contributed by atoms with Crippen LogP contribution in [0.15, 0.2) is 72.4 Å². The number of hydrogen-bond donors (Lipinski definition) is 1. The smallest absolute Gasteiger partial charge is 0.341 e. The molecule has 164 valence electrons. The molecule has 0 aliphatic heterocycles. The molecule has 0 bridgehead atoms. The molecule has 1 N–H and O–H groups in total. The summed E-state index contributed by atoms with van der Waals surface area (Å²) in [6, 6.07) is 13.5. The van der Waals surface area contributed by atoms with Gasteiger partial charge in [-0.3, -0.25) is 9.97 Å². The van der Waals surface area contributed by atoms with Crippen LogP contribution in [-0.2, 0) is 16.1 Å². The number of carbonyl (C=O) groups is 1. The van der Waals surface area contributed by atoms with E-state index in [4.69, 9.17) is 14.7 Å². The Labute approximate surface area is 186 Å². The Balaban J connectivity index is 1.45. The molecule has 1 atom stereocenters. The van der Waals surface area contributed by atoms with Crippen molar-refractivity contribution in [1.29, 1.82) is 0 Å². The second-order valence-electron chi connectivity index (χ2n) is 7.64. The lowest BCUT2D eigenvalue weighted by atomic mass is 9.81. The standard InChI is InChI=1S/C25H25N3O4/c29-24(30)17-31-23-10-2-8-21-18(5-1-9-22(21)23)11-14-32-28-25(19-6-3-12-26-15-19)20-7-4-13-27-16-20/h2-4,6-8,10,12-13,15-16,18H,1,5,9,11,14,17H2,(H,29,30). The summed E-state index contributed by atoms with van der Waals surface area (Å²) in [4.78, 5) is 25.0. The van der Waals surface area contributed by atoms with E-state index in [0.29, 0.717) is 24.0 Å². The topological polar surface area (TPSA) is 93.9 Å². The molecular weight excluding hydrogens is 406 g/mol. The normalized spacial score (nSPS) is 14.8. The van der Waals surface area contributed by atoms with Crippen LogP contribution in [0, 0.1) is 0 Å². The molecule has 3 aromatic rings. The average molecular weight is 431 g/mol. The van der Waals surface area contributed by atoms with Crippen molar-refractivity contribution in [3.63, 3.8) is 0 Å². The first-order valence-corrected chi connectivity index (χ1v) is 10.7. The number of ether oxygens (including phenoxy) is 1. The summed E-state index contributed by atoms with van der Waals surface area (Å²) in [5.74, 6) is 0.0193. The van der Waals surface area contributed by atoms with Crippen LogP contribution in [0.5, 0.6) is 5.75 Å². The second kappa shape index (κ2) is 10.5. The summed E-state index contributed by atoms with van der Waals surface area (Å²) in [6.07, 6.45) is 10.8. The highest BCUT2D eigenvalue weighted by atomic mass is 16.6. The first-order valence-electron chi connectivity index (χ1n) is 10.7. The fourth-order valence-corrected chi connectivity index (χ4v) is 4.07. The van der Waals surface area contributed by atoms with Crippen molar-refractivity contribution in [1.82, 2.24) is 9.97 Å². The number of fused-ring (bicyclic) bond motifs is 1. The lowest BCUT2D eigenvalue weighted by molar-refractivity contribution is -0.139. The van der Waals surface area contributed by atoms with Gasteiger partial charge in [-0.25, -0.2) is 4.79 Å². The maximum absolute atomic E-state index is 10.9. The molecule has 0 fully saturated rings. The van der Waals surface area contributed by atoms with Crippen molar-refractivity contribution in [3.8, 4) is 5.75 Å². The fourth-order valence-electron chi connectivity index (χ4n) is 4.07. The zero-order valence-electron chi connectivity index (χ0n) is 17.7. The highest BCUT2D eigenvalue weighted by molar-refractivity contribution is 6.12. The van der Waals surface area contributed by atoms with Crippen LogP contribution >= 0.6 is 0 Å². The van der Waals surface area contributed by atoms with Gasteiger partial charge >= 0.3 is 5.97 Å². The molecule has 0 saturated heterocycles. The number of nitrogens with zero attached hydrogens (tertiary/aromatic N) is 3. The molecule has 0 spiro atoms. The third kappa shape index (κ3) is 5.29. The maximum Gasteiger partial charge on any atom is 0.341 e. The number of carboxylic acids is 1. The summed E-state index contributed by atoms with van der Waals surface area (Å²) in [6.45, 7) is 0.138. The van der Waals surface area contributed by atoms with Crippen molar-refractivity contribution < 1.29 is 19.5 Å². The van der Waals surface area contributed by atoms with E-state index >= 15 is 0 Å². The van der Waals surface area contributed by atoms with Crippen molar-refractivity contribution >= 4 is 11.7 Å². The molecule has 7 heteroatoms. The van der Waals surface area contributed by atoms with E-state index in [1.807, 2.05) is 36.4 Å². The van der Waals surface area contributed by atoms with Crippen molar-refractivity contribution in [2.75, 3.05) is 13.2 Å². The van der Waals surface area contributed by atoms with Gasteiger partial charge in [0.2, 0.25) is 0 Å². The van der Waals surface area contributed by atoms with E-state index in [-0.39, 0.29) is 6.61 Å². The minimum Gasteiger partial charge on any atom is -0.482 e. The van der Waals surface area contributed by atoms with E-state index in [0.717, 1.165) is 42.4 Å². The quantitative estimate of drug-likeness (QED) is 0.310. The van der Waals surface area contributed by atoms with E-state index in [9.17, 15) is 4.79 Å². The van der Waals surface area contributed by atoms with Crippen molar-refractivity contribution in [2.45, 2.75) is 31.6 Å². The minimum atomic E-state index is -0.973. The number of aliphatic carboxylic acids is 1. The summed E-state index contributed by atoms with van der Waals surface area (Å²) in [5, 5.41) is 13.3. The van der Waals surface area contributed by atoms with Crippen LogP contribution < -0.4 is 4.74 Å². The van der Waals surface area contributed by atoms with Crippen molar-refractivity contribution in [2.24, 2.45) is 5.16 Å². The molecule has 1 aromatic carbocycles. The van der Waals surface area contributed by atoms with Gasteiger partial charge in [0, 0.05) is 35.9 Å². The molecule has 1 aliphatic carbocycles. The maximum atomic E-state index is 10.9. The van der Waals surface area contributed by atoms with Crippen LogP contribution in [0.1, 0.15) is 47.4 Å². The Kier molecular flexibility index (Phi) is 7.07. The van der Waals surface area contributed by atoms with Gasteiger partial charge in [0.25, 0.3) is 0 Å². The molecule has 2 aromatic heterocycles. The zero-order valence-corrected chi connectivity index (χ0v) is 17.7. The van der Waals surface area contributed by atoms with Gasteiger partial charge in [-0.2, -0.15) is 0 Å². The zero-order chi connectivity index (χ0) is 22.2. The van der Waals surface area contributed by atoms with Crippen molar-refractivity contribution in [3.05, 3.63) is 89.5 Å². The van der Waals surface area contributed by atoms with Gasteiger partial charge in [-0.05, 0) is 73.1 Å². The number of rotatable bonds is 9. The molecule has 4 rings (SSSR count). The average Bonchev–Trinajstić information content (AvgIpc) is 2.84. The molecule has 0 radical (unpaired) electrons. The van der Waals surface area contributed by atoms with Gasteiger partial charge in [-0.1, -0.05) is 17.3 Å². The van der Waals surface area contributed by atoms with Crippen LogP contribution in [0.25, 0.3) is 0 Å². The molecule has 2 heterocycles. The number of pyridine rings is 2. The van der Waals surface area contributed by atoms with Gasteiger partial charge in [0.15, 0.2) is 6.61 Å². The molecule has 7 nitrogen and oxygen atoms in total. The summed E-state index contributed by atoms with van der Waals surface area (Å²) in [5.41, 5.74) is 4.75. The second-order valence-corrected chi connectivity index (χ2v) is 7.64. The molecule has 32 heavy (non-hydrogen) atoms. The number of benzene rings is 1. The first-order chi connectivity index (χ1) is 15.7. The van der Waals surface area contributed by atoms with Crippen LogP contribution in [-0.4, -0.2) is 40.0 Å². The SMILES string of the molecule is O=C(O)COc1cccc2c1CCCC2CCON=C(c1cccnc1)c1cccnc1. The number of oxime groups is 1. The Morgan fingerprint density at radius 1 is 1.06 bits per heavy atom. The van der Waals surface area contributed by atoms with Crippen LogP contribution in [0.4, 0.5) is 0 Å². The molecule has 1 unspecified atom stereocenters. The van der Waals surface area contributed by atoms with E-state index < -0.39 is 5.97 Å². The predicted octanol–water partition coefficient (Wildman–Crippen LogP) is 4.22. The third-order valence-corrected chi connectivity index (χ3v) is 5.52. The van der Waals surface area contributed by atoms with E-state index in [1.165, 1.54) is 5.56 Å². The molecule has 0 saturated carbocycles. The Morgan fingerprint density at radius 3 is 2.47 bits per heavy atom. The monoisotopic (exact) mass is 431 g/mol. The largest absolute Gasteiger partial charge is 0.482 e. The Hall–Kier alpha value is -3.74. The summed E-state index contributed by atoms with van der Waals surface area (Å²) >= 11 is 0. The van der Waals surface area contributed by atoms with Gasteiger partial charge in [0.1, 0.15) is 18.1 Å².